The number of nitrogens with zero attached hydrogens (tertiary/aromatic N) is 2. The van der Waals surface area contributed by atoms with Crippen molar-refractivity contribution >= 4 is 29.5 Å². The van der Waals surface area contributed by atoms with Crippen LogP contribution in [0.2, 0.25) is 5.02 Å². The number of hydrogen-bond donors (Lipinski definition) is 2. The highest BCUT2D eigenvalue weighted by Gasteiger charge is 2.25. The fourth-order valence-electron chi connectivity index (χ4n) is 4.75. The summed E-state index contributed by atoms with van der Waals surface area (Å²) in [6.45, 7) is 6.96. The van der Waals surface area contributed by atoms with Gasteiger partial charge in [0.1, 0.15) is 0 Å². The predicted molar refractivity (Wildman–Crippen MR) is 153 cm³/mol. The molecule has 1 aliphatic rings. The van der Waals surface area contributed by atoms with Crippen LogP contribution in [0.1, 0.15) is 49.7 Å². The van der Waals surface area contributed by atoms with E-state index in [2.05, 4.69) is 46.7 Å². The molecule has 2 aromatic carbocycles. The van der Waals surface area contributed by atoms with E-state index in [4.69, 9.17) is 11.6 Å². The van der Waals surface area contributed by atoms with E-state index in [0.717, 1.165) is 38.0 Å². The van der Waals surface area contributed by atoms with Crippen molar-refractivity contribution in [2.75, 3.05) is 46.3 Å². The topological polar surface area (TPSA) is 64.7 Å². The first-order valence-electron chi connectivity index (χ1n) is 13.4. The molecule has 6 nitrogen and oxygen atoms in total. The molecule has 0 saturated carbocycles. The molecule has 2 atom stereocenters. The van der Waals surface area contributed by atoms with E-state index in [1.165, 1.54) is 24.5 Å². The smallest absolute Gasteiger partial charge is 0.244 e. The lowest BCUT2D eigenvalue weighted by Gasteiger charge is -2.29. The van der Waals surface area contributed by atoms with Gasteiger partial charge in [0.2, 0.25) is 11.8 Å². The Bertz CT molecular complexity index is 990. The van der Waals surface area contributed by atoms with Gasteiger partial charge in [-0.3, -0.25) is 9.59 Å². The van der Waals surface area contributed by atoms with Crippen LogP contribution in [0, 0.1) is 0 Å². The molecular formula is C30H41ClN4O2. The van der Waals surface area contributed by atoms with Crippen LogP contribution in [0.25, 0.3) is 6.08 Å². The summed E-state index contributed by atoms with van der Waals surface area (Å²) in [4.78, 5) is 30.0. The lowest BCUT2D eigenvalue weighted by molar-refractivity contribution is -0.132. The molecule has 2 amide bonds. The first-order valence-corrected chi connectivity index (χ1v) is 13.8. The maximum absolute atomic E-state index is 13.5. The summed E-state index contributed by atoms with van der Waals surface area (Å²) < 4.78 is 0. The third kappa shape index (κ3) is 9.95. The maximum Gasteiger partial charge on any atom is 0.244 e. The van der Waals surface area contributed by atoms with Gasteiger partial charge in [0.05, 0.1) is 6.04 Å². The zero-order valence-electron chi connectivity index (χ0n) is 22.2. The Labute approximate surface area is 227 Å². The number of carbonyl (C=O) groups excluding carboxylic acids is 2. The highest BCUT2D eigenvalue weighted by atomic mass is 35.5. The fraction of sp³-hybridized carbons (Fsp3) is 0.467. The van der Waals surface area contributed by atoms with Gasteiger partial charge < -0.3 is 20.4 Å². The van der Waals surface area contributed by atoms with E-state index in [9.17, 15) is 9.59 Å². The van der Waals surface area contributed by atoms with Crippen LogP contribution < -0.4 is 10.6 Å². The van der Waals surface area contributed by atoms with E-state index in [1.54, 1.807) is 18.2 Å². The van der Waals surface area contributed by atoms with Gasteiger partial charge >= 0.3 is 0 Å². The molecule has 7 heteroatoms. The van der Waals surface area contributed by atoms with Crippen molar-refractivity contribution in [3.8, 4) is 0 Å². The Kier molecular flexibility index (Phi) is 12.1. The van der Waals surface area contributed by atoms with E-state index < -0.39 is 0 Å². The van der Waals surface area contributed by atoms with Crippen LogP contribution in [0.3, 0.4) is 0 Å². The van der Waals surface area contributed by atoms with Crippen molar-refractivity contribution in [1.29, 1.82) is 0 Å². The third-order valence-electron chi connectivity index (χ3n) is 6.98. The summed E-state index contributed by atoms with van der Waals surface area (Å²) >= 11 is 5.91. The SMILES string of the molecule is CC[C@H](CN(C)C(=O)[C@H](CCN1CCCC1)NCCNC(=O)/C=C/c1ccc(Cl)cc1)c1ccccc1. The minimum absolute atomic E-state index is 0.113. The summed E-state index contributed by atoms with van der Waals surface area (Å²) in [5.74, 6) is 0.256. The predicted octanol–water partition coefficient (Wildman–Crippen LogP) is 4.57. The largest absolute Gasteiger partial charge is 0.351 e. The van der Waals surface area contributed by atoms with Crippen molar-refractivity contribution < 1.29 is 9.59 Å². The molecule has 0 aliphatic carbocycles. The summed E-state index contributed by atoms with van der Waals surface area (Å²) in [6.07, 6.45) is 7.47. The minimum atomic E-state index is -0.277. The lowest BCUT2D eigenvalue weighted by atomic mass is 9.96. The minimum Gasteiger partial charge on any atom is -0.351 e. The van der Waals surface area contributed by atoms with E-state index in [-0.39, 0.29) is 17.9 Å². The van der Waals surface area contributed by atoms with Gasteiger partial charge in [-0.2, -0.15) is 0 Å². The van der Waals surface area contributed by atoms with Crippen molar-refractivity contribution in [2.45, 2.75) is 44.6 Å². The average molecular weight is 525 g/mol. The lowest BCUT2D eigenvalue weighted by Crippen LogP contribution is -2.49. The molecule has 200 valence electrons. The number of likely N-dealkylation sites (tertiary alicyclic amines) is 1. The number of nitrogens with one attached hydrogen (secondary N) is 2. The molecule has 0 spiro atoms. The quantitative estimate of drug-likeness (QED) is 0.281. The van der Waals surface area contributed by atoms with E-state index >= 15 is 0 Å². The second kappa shape index (κ2) is 15.6. The standard InChI is InChI=1S/C30H41ClN4O2/c1-3-25(26-9-5-4-6-10-26)23-34(2)30(37)28(17-22-35-20-7-8-21-35)32-18-19-33-29(36)16-13-24-11-14-27(31)15-12-24/h4-6,9-16,25,28,32H,3,7-8,17-23H2,1-2H3,(H,33,36)/b16-13+/t25-,28+/m1/s1. The monoisotopic (exact) mass is 524 g/mol. The highest BCUT2D eigenvalue weighted by molar-refractivity contribution is 6.30. The number of benzene rings is 2. The molecule has 0 aromatic heterocycles. The summed E-state index contributed by atoms with van der Waals surface area (Å²) in [6, 6.07) is 17.4. The number of amides is 2. The average Bonchev–Trinajstić information content (AvgIpc) is 3.44. The molecule has 0 radical (unpaired) electrons. The van der Waals surface area contributed by atoms with Gasteiger partial charge in [0.15, 0.2) is 0 Å². The van der Waals surface area contributed by atoms with Crippen molar-refractivity contribution in [1.82, 2.24) is 20.4 Å². The molecule has 2 N–H and O–H groups in total. The second-order valence-corrected chi connectivity index (χ2v) is 10.2. The van der Waals surface area contributed by atoms with Gasteiger partial charge in [-0.1, -0.05) is 61.0 Å². The number of halogens is 1. The molecule has 1 saturated heterocycles. The van der Waals surface area contributed by atoms with E-state index in [0.29, 0.717) is 30.6 Å². The van der Waals surface area contributed by atoms with Crippen LogP contribution in [-0.2, 0) is 9.59 Å². The molecule has 1 heterocycles. The Hall–Kier alpha value is -2.67. The molecule has 1 fully saturated rings. The number of carbonyl (C=O) groups is 2. The first-order chi connectivity index (χ1) is 18.0. The number of likely N-dealkylation sites (N-methyl/N-ethyl adjacent to an activating group) is 1. The molecular weight excluding hydrogens is 484 g/mol. The van der Waals surface area contributed by atoms with E-state index in [1.807, 2.05) is 30.1 Å². The third-order valence-corrected chi connectivity index (χ3v) is 7.23. The van der Waals surface area contributed by atoms with Crippen LogP contribution in [-0.4, -0.2) is 74.0 Å². The Balaban J connectivity index is 1.51. The molecule has 3 rings (SSSR count). The zero-order chi connectivity index (χ0) is 26.5. The molecule has 0 unspecified atom stereocenters. The zero-order valence-corrected chi connectivity index (χ0v) is 22.9. The van der Waals surface area contributed by atoms with Gasteiger partial charge in [0.25, 0.3) is 0 Å². The summed E-state index contributed by atoms with van der Waals surface area (Å²) in [5, 5.41) is 6.98. The molecule has 37 heavy (non-hydrogen) atoms. The van der Waals surface area contributed by atoms with Gasteiger partial charge in [-0.15, -0.1) is 0 Å². The van der Waals surface area contributed by atoms with Gasteiger partial charge in [0, 0.05) is 50.2 Å². The Morgan fingerprint density at radius 2 is 1.76 bits per heavy atom. The first kappa shape index (κ1) is 28.9. The number of rotatable bonds is 14. The van der Waals surface area contributed by atoms with Gasteiger partial charge in [-0.05, 0) is 68.1 Å². The molecule has 2 aromatic rings. The Morgan fingerprint density at radius 1 is 1.05 bits per heavy atom. The summed E-state index contributed by atoms with van der Waals surface area (Å²) in [5.41, 5.74) is 2.18. The van der Waals surface area contributed by atoms with Crippen molar-refractivity contribution in [2.24, 2.45) is 0 Å². The fourth-order valence-corrected chi connectivity index (χ4v) is 4.88. The van der Waals surface area contributed by atoms with Gasteiger partial charge in [-0.25, -0.2) is 0 Å². The Morgan fingerprint density at radius 3 is 2.43 bits per heavy atom. The van der Waals surface area contributed by atoms with Crippen LogP contribution in [0.4, 0.5) is 0 Å². The highest BCUT2D eigenvalue weighted by Crippen LogP contribution is 2.20. The summed E-state index contributed by atoms with van der Waals surface area (Å²) in [7, 11) is 1.90. The molecule has 1 aliphatic heterocycles. The maximum atomic E-state index is 13.5. The van der Waals surface area contributed by atoms with Crippen molar-refractivity contribution in [3.63, 3.8) is 0 Å². The molecule has 0 bridgehead atoms. The second-order valence-electron chi connectivity index (χ2n) is 9.75. The van der Waals surface area contributed by atoms with Crippen LogP contribution in [0.15, 0.2) is 60.7 Å². The van der Waals surface area contributed by atoms with Crippen molar-refractivity contribution in [3.05, 3.63) is 76.8 Å². The van der Waals surface area contributed by atoms with Crippen LogP contribution >= 0.6 is 11.6 Å². The van der Waals surface area contributed by atoms with Crippen LogP contribution in [0.5, 0.6) is 0 Å². The normalized spacial score (nSPS) is 15.5. The number of hydrogen-bond acceptors (Lipinski definition) is 4.